The molecule has 0 aliphatic heterocycles. The number of benzene rings is 2. The van der Waals surface area contributed by atoms with Crippen LogP contribution < -0.4 is 23.7 Å². The summed E-state index contributed by atoms with van der Waals surface area (Å²) in [4.78, 5) is 10.5. The van der Waals surface area contributed by atoms with E-state index in [4.69, 9.17) is 18.9 Å². The van der Waals surface area contributed by atoms with Crippen LogP contribution in [0.4, 0.5) is 5.82 Å². The van der Waals surface area contributed by atoms with Crippen LogP contribution >= 0.6 is 0 Å². The highest BCUT2D eigenvalue weighted by molar-refractivity contribution is 7.92. The van der Waals surface area contributed by atoms with Gasteiger partial charge in [0.05, 0.1) is 38.3 Å². The molecule has 0 spiro atoms. The fourth-order valence-corrected chi connectivity index (χ4v) is 4.19. The van der Waals surface area contributed by atoms with Gasteiger partial charge < -0.3 is 23.8 Å². The number of nitrogens with zero attached hydrogens (tertiary/aromatic N) is 3. The molecule has 0 atom stereocenters. The van der Waals surface area contributed by atoms with E-state index in [1.165, 1.54) is 45.9 Å². The molecule has 1 aromatic heterocycles. The van der Waals surface area contributed by atoms with Crippen LogP contribution in [0.3, 0.4) is 0 Å². The van der Waals surface area contributed by atoms with Crippen LogP contribution in [0.5, 0.6) is 23.0 Å². The summed E-state index contributed by atoms with van der Waals surface area (Å²) >= 11 is 0. The van der Waals surface area contributed by atoms with Crippen molar-refractivity contribution in [3.63, 3.8) is 0 Å². The minimum atomic E-state index is -3.97. The van der Waals surface area contributed by atoms with Crippen LogP contribution in [0, 0.1) is 0 Å². The largest absolute Gasteiger partial charge is 0.493 e. The van der Waals surface area contributed by atoms with E-state index >= 15 is 0 Å². The lowest BCUT2D eigenvalue weighted by atomic mass is 10.2. The number of aromatic nitrogens is 2. The zero-order chi connectivity index (χ0) is 24.0. The van der Waals surface area contributed by atoms with Crippen molar-refractivity contribution in [2.24, 2.45) is 0 Å². The standard InChI is InChI=1S/C22H28N4O6S/c1-26(2)9-6-10-32-21-13-17-16(12-20(21)31-5)22(24-14-23-17)25-33(27,28)15-7-8-18(29-3)19(11-15)30-4/h7-8,11-14H,6,9-10H2,1-5H3,(H,23,24,25). The van der Waals surface area contributed by atoms with Crippen molar-refractivity contribution >= 4 is 26.7 Å². The molecule has 1 heterocycles. The zero-order valence-corrected chi connectivity index (χ0v) is 20.1. The summed E-state index contributed by atoms with van der Waals surface area (Å²) in [5.41, 5.74) is 0.512. The van der Waals surface area contributed by atoms with Gasteiger partial charge in [0, 0.05) is 24.1 Å². The van der Waals surface area contributed by atoms with Crippen LogP contribution in [-0.4, -0.2) is 71.9 Å². The van der Waals surface area contributed by atoms with Crippen molar-refractivity contribution in [1.82, 2.24) is 14.9 Å². The monoisotopic (exact) mass is 476 g/mol. The molecule has 0 aliphatic carbocycles. The summed E-state index contributed by atoms with van der Waals surface area (Å²) in [5.74, 6) is 1.81. The molecule has 1 N–H and O–H groups in total. The Bertz CT molecular complexity index is 1220. The Morgan fingerprint density at radius 3 is 2.27 bits per heavy atom. The van der Waals surface area contributed by atoms with Crippen LogP contribution in [-0.2, 0) is 10.0 Å². The molecule has 2 aromatic carbocycles. The molecule has 0 saturated heterocycles. The molecular weight excluding hydrogens is 448 g/mol. The van der Waals surface area contributed by atoms with E-state index in [9.17, 15) is 8.42 Å². The third-order valence-electron chi connectivity index (χ3n) is 4.82. The molecule has 33 heavy (non-hydrogen) atoms. The molecule has 0 fully saturated rings. The zero-order valence-electron chi connectivity index (χ0n) is 19.3. The van der Waals surface area contributed by atoms with Gasteiger partial charge in [-0.15, -0.1) is 0 Å². The highest BCUT2D eigenvalue weighted by Gasteiger charge is 2.20. The van der Waals surface area contributed by atoms with E-state index < -0.39 is 10.0 Å². The van der Waals surface area contributed by atoms with E-state index in [0.29, 0.717) is 40.5 Å². The van der Waals surface area contributed by atoms with Gasteiger partial charge in [-0.2, -0.15) is 0 Å². The first-order chi connectivity index (χ1) is 15.8. The predicted molar refractivity (Wildman–Crippen MR) is 125 cm³/mol. The van der Waals surface area contributed by atoms with Crippen molar-refractivity contribution in [2.45, 2.75) is 11.3 Å². The lowest BCUT2D eigenvalue weighted by Crippen LogP contribution is -2.16. The van der Waals surface area contributed by atoms with Crippen molar-refractivity contribution in [3.8, 4) is 23.0 Å². The second-order valence-electron chi connectivity index (χ2n) is 7.37. The number of fused-ring (bicyclic) bond motifs is 1. The van der Waals surface area contributed by atoms with Gasteiger partial charge in [0.15, 0.2) is 28.8 Å². The second-order valence-corrected chi connectivity index (χ2v) is 9.05. The van der Waals surface area contributed by atoms with Gasteiger partial charge in [-0.3, -0.25) is 4.72 Å². The van der Waals surface area contributed by atoms with Gasteiger partial charge in [-0.1, -0.05) is 0 Å². The Balaban J connectivity index is 1.92. The molecule has 0 amide bonds. The molecular formula is C22H28N4O6S. The summed E-state index contributed by atoms with van der Waals surface area (Å²) in [6.45, 7) is 1.39. The Hall–Kier alpha value is -3.31. The Labute approximate surface area is 193 Å². The number of hydrogen-bond donors (Lipinski definition) is 1. The summed E-state index contributed by atoms with van der Waals surface area (Å²) in [7, 11) is 4.46. The summed E-state index contributed by atoms with van der Waals surface area (Å²) < 4.78 is 50.3. The first kappa shape index (κ1) is 24.3. The van der Waals surface area contributed by atoms with Gasteiger partial charge in [0.25, 0.3) is 10.0 Å². The SMILES string of the molecule is COc1ccc(S(=O)(=O)Nc2ncnc3cc(OCCCN(C)C)c(OC)cc23)cc1OC. The molecule has 3 aromatic rings. The number of rotatable bonds is 11. The first-order valence-corrected chi connectivity index (χ1v) is 11.6. The number of anilines is 1. The van der Waals surface area contributed by atoms with Crippen LogP contribution in [0.1, 0.15) is 6.42 Å². The van der Waals surface area contributed by atoms with Gasteiger partial charge in [-0.05, 0) is 38.7 Å². The highest BCUT2D eigenvalue weighted by atomic mass is 32.2. The Morgan fingerprint density at radius 2 is 1.61 bits per heavy atom. The number of ether oxygens (including phenoxy) is 4. The summed E-state index contributed by atoms with van der Waals surface area (Å²) in [6.07, 6.45) is 2.13. The molecule has 3 rings (SSSR count). The van der Waals surface area contributed by atoms with E-state index in [0.717, 1.165) is 13.0 Å². The van der Waals surface area contributed by atoms with Crippen molar-refractivity contribution in [3.05, 3.63) is 36.7 Å². The fourth-order valence-electron chi connectivity index (χ4n) is 3.15. The number of hydrogen-bond acceptors (Lipinski definition) is 9. The van der Waals surface area contributed by atoms with Gasteiger partial charge in [-0.25, -0.2) is 18.4 Å². The first-order valence-electron chi connectivity index (χ1n) is 10.1. The maximum atomic E-state index is 13.0. The maximum absolute atomic E-state index is 13.0. The minimum absolute atomic E-state index is 0.000257. The second kappa shape index (κ2) is 10.5. The average molecular weight is 477 g/mol. The smallest absolute Gasteiger partial charge is 0.263 e. The maximum Gasteiger partial charge on any atom is 0.263 e. The highest BCUT2D eigenvalue weighted by Crippen LogP contribution is 2.35. The van der Waals surface area contributed by atoms with Crippen molar-refractivity contribution in [1.29, 1.82) is 0 Å². The Morgan fingerprint density at radius 1 is 0.909 bits per heavy atom. The minimum Gasteiger partial charge on any atom is -0.493 e. The van der Waals surface area contributed by atoms with Crippen LogP contribution in [0.2, 0.25) is 0 Å². The molecule has 0 unspecified atom stereocenters. The topological polar surface area (TPSA) is 112 Å². The van der Waals surface area contributed by atoms with Gasteiger partial charge in [0.2, 0.25) is 0 Å². The molecule has 0 radical (unpaired) electrons. The molecule has 0 saturated carbocycles. The lowest BCUT2D eigenvalue weighted by molar-refractivity contribution is 0.268. The third kappa shape index (κ3) is 5.74. The molecule has 178 valence electrons. The predicted octanol–water partition coefficient (Wildman–Crippen LogP) is 2.79. The number of sulfonamides is 1. The summed E-state index contributed by atoms with van der Waals surface area (Å²) in [6, 6.07) is 7.69. The number of methoxy groups -OCH3 is 3. The number of nitrogens with one attached hydrogen (secondary N) is 1. The van der Waals surface area contributed by atoms with E-state index in [1.807, 2.05) is 14.1 Å². The third-order valence-corrected chi connectivity index (χ3v) is 6.16. The van der Waals surface area contributed by atoms with Crippen LogP contribution in [0.15, 0.2) is 41.6 Å². The molecule has 11 heteroatoms. The molecule has 0 aliphatic rings. The van der Waals surface area contributed by atoms with Gasteiger partial charge >= 0.3 is 0 Å². The fraction of sp³-hybridized carbons (Fsp3) is 0.364. The average Bonchev–Trinajstić information content (AvgIpc) is 2.80. The van der Waals surface area contributed by atoms with Crippen LogP contribution in [0.25, 0.3) is 10.9 Å². The van der Waals surface area contributed by atoms with E-state index in [2.05, 4.69) is 19.6 Å². The summed E-state index contributed by atoms with van der Waals surface area (Å²) in [5, 5.41) is 0.471. The van der Waals surface area contributed by atoms with E-state index in [-0.39, 0.29) is 10.7 Å². The molecule has 10 nitrogen and oxygen atoms in total. The Kier molecular flexibility index (Phi) is 7.77. The quantitative estimate of drug-likeness (QED) is 0.418. The van der Waals surface area contributed by atoms with E-state index in [1.54, 1.807) is 12.1 Å². The van der Waals surface area contributed by atoms with Crippen molar-refractivity contribution in [2.75, 3.05) is 53.3 Å². The van der Waals surface area contributed by atoms with Gasteiger partial charge in [0.1, 0.15) is 6.33 Å². The lowest BCUT2D eigenvalue weighted by Gasteiger charge is -2.15. The van der Waals surface area contributed by atoms with Crippen molar-refractivity contribution < 1.29 is 27.4 Å². The molecule has 0 bridgehead atoms. The normalized spacial score (nSPS) is 11.5.